The van der Waals surface area contributed by atoms with Gasteiger partial charge in [-0.25, -0.2) is 4.98 Å². The van der Waals surface area contributed by atoms with E-state index < -0.39 is 0 Å². The lowest BCUT2D eigenvalue weighted by Gasteiger charge is -2.24. The molecule has 0 aromatic carbocycles. The molecule has 0 bridgehead atoms. The molecule has 0 saturated heterocycles. The van der Waals surface area contributed by atoms with E-state index in [-0.39, 0.29) is 24.5 Å². The molecule has 2 aromatic rings. The lowest BCUT2D eigenvalue weighted by molar-refractivity contribution is 0.0903. The van der Waals surface area contributed by atoms with Crippen LogP contribution in [0.1, 0.15) is 41.8 Å². The summed E-state index contributed by atoms with van der Waals surface area (Å²) in [6.45, 7) is 0.134. The summed E-state index contributed by atoms with van der Waals surface area (Å²) in [5.41, 5.74) is 0.916. The number of nitrogens with zero attached hydrogens (tertiary/aromatic N) is 3. The molecule has 0 spiro atoms. The van der Waals surface area contributed by atoms with Gasteiger partial charge in [0.1, 0.15) is 9.88 Å². The summed E-state index contributed by atoms with van der Waals surface area (Å²) in [5.74, 6) is 0.0650. The van der Waals surface area contributed by atoms with E-state index in [9.17, 15) is 9.90 Å². The van der Waals surface area contributed by atoms with Crippen molar-refractivity contribution in [2.75, 3.05) is 6.61 Å². The van der Waals surface area contributed by atoms with Crippen LogP contribution >= 0.6 is 11.3 Å². The number of hydrogen-bond acceptors (Lipinski definition) is 5. The maximum atomic E-state index is 12.5. The quantitative estimate of drug-likeness (QED) is 0.840. The van der Waals surface area contributed by atoms with Gasteiger partial charge in [0, 0.05) is 37.4 Å². The number of aliphatic hydroxyl groups excluding tert-OH is 1. The second-order valence-corrected chi connectivity index (χ2v) is 7.12. The monoisotopic (exact) mass is 334 g/mol. The topological polar surface area (TPSA) is 80.0 Å². The highest BCUT2D eigenvalue weighted by atomic mass is 32.1. The molecule has 2 heterocycles. The molecule has 7 heteroatoms. The SMILES string of the molecule is Cn1cc(-c2ncc(C(=O)NC3CCCCCC3CO)s2)cn1. The standard InChI is InChI=1S/C16H22N4O2S/c1-20-9-12(7-18-20)16-17-8-14(23-16)15(22)19-13-6-4-2-3-5-11(13)10-21/h7-9,11,13,21H,2-6,10H2,1H3,(H,19,22). The molecule has 1 fully saturated rings. The van der Waals surface area contributed by atoms with E-state index in [1.54, 1.807) is 17.1 Å². The molecule has 124 valence electrons. The van der Waals surface area contributed by atoms with Gasteiger partial charge in [0.2, 0.25) is 0 Å². The van der Waals surface area contributed by atoms with E-state index in [2.05, 4.69) is 15.4 Å². The first-order valence-electron chi connectivity index (χ1n) is 8.04. The van der Waals surface area contributed by atoms with Gasteiger partial charge in [0.15, 0.2) is 0 Å². The van der Waals surface area contributed by atoms with Crippen molar-refractivity contribution in [1.29, 1.82) is 0 Å². The molecule has 2 aromatic heterocycles. The second-order valence-electron chi connectivity index (χ2n) is 6.09. The van der Waals surface area contributed by atoms with Crippen molar-refractivity contribution >= 4 is 17.2 Å². The summed E-state index contributed by atoms with van der Waals surface area (Å²) in [6, 6.07) is 0.0546. The van der Waals surface area contributed by atoms with E-state index in [0.29, 0.717) is 4.88 Å². The number of thiazole rings is 1. The number of hydrogen-bond donors (Lipinski definition) is 2. The highest BCUT2D eigenvalue weighted by molar-refractivity contribution is 7.16. The van der Waals surface area contributed by atoms with Gasteiger partial charge in [0.25, 0.3) is 5.91 Å². The first-order valence-corrected chi connectivity index (χ1v) is 8.85. The Bertz CT molecular complexity index is 667. The van der Waals surface area contributed by atoms with Gasteiger partial charge < -0.3 is 10.4 Å². The molecular weight excluding hydrogens is 312 g/mol. The summed E-state index contributed by atoms with van der Waals surface area (Å²) in [5, 5.41) is 17.6. The van der Waals surface area contributed by atoms with Gasteiger partial charge in [-0.3, -0.25) is 9.48 Å². The Morgan fingerprint density at radius 3 is 2.96 bits per heavy atom. The maximum Gasteiger partial charge on any atom is 0.263 e. The van der Waals surface area contributed by atoms with Gasteiger partial charge in [-0.2, -0.15) is 5.10 Å². The number of rotatable bonds is 4. The first kappa shape index (κ1) is 16.1. The number of aliphatic hydroxyl groups is 1. The molecule has 2 atom stereocenters. The van der Waals surface area contributed by atoms with Crippen LogP contribution in [0, 0.1) is 5.92 Å². The van der Waals surface area contributed by atoms with Crippen LogP contribution < -0.4 is 5.32 Å². The molecule has 1 aliphatic carbocycles. The number of carbonyl (C=O) groups is 1. The minimum atomic E-state index is -0.0945. The van der Waals surface area contributed by atoms with Crippen molar-refractivity contribution in [1.82, 2.24) is 20.1 Å². The van der Waals surface area contributed by atoms with Gasteiger partial charge in [-0.15, -0.1) is 11.3 Å². The summed E-state index contributed by atoms with van der Waals surface area (Å²) < 4.78 is 1.72. The van der Waals surface area contributed by atoms with Gasteiger partial charge in [-0.1, -0.05) is 19.3 Å². The first-order chi connectivity index (χ1) is 11.2. The number of nitrogens with one attached hydrogen (secondary N) is 1. The molecule has 0 radical (unpaired) electrons. The number of carbonyl (C=O) groups excluding carboxylic acids is 1. The summed E-state index contributed by atoms with van der Waals surface area (Å²) in [7, 11) is 1.85. The maximum absolute atomic E-state index is 12.5. The number of amides is 1. The van der Waals surface area contributed by atoms with E-state index in [1.165, 1.54) is 17.8 Å². The summed E-state index contributed by atoms with van der Waals surface area (Å²) in [4.78, 5) is 17.4. The zero-order valence-corrected chi connectivity index (χ0v) is 14.1. The Hall–Kier alpha value is -1.73. The molecule has 6 nitrogen and oxygen atoms in total. The Labute approximate surface area is 139 Å². The van der Waals surface area contributed by atoms with Crippen molar-refractivity contribution in [2.45, 2.75) is 38.1 Å². The third kappa shape index (κ3) is 3.79. The fraction of sp³-hybridized carbons (Fsp3) is 0.562. The number of aryl methyl sites for hydroxylation is 1. The Morgan fingerprint density at radius 2 is 2.22 bits per heavy atom. The highest BCUT2D eigenvalue weighted by Crippen LogP contribution is 2.26. The lowest BCUT2D eigenvalue weighted by atomic mass is 9.95. The van der Waals surface area contributed by atoms with E-state index in [0.717, 1.165) is 36.3 Å². The van der Waals surface area contributed by atoms with E-state index in [1.807, 2.05) is 13.2 Å². The van der Waals surface area contributed by atoms with Crippen LogP contribution in [0.25, 0.3) is 10.6 Å². The Kier molecular flexibility index (Phi) is 5.07. The third-order valence-electron chi connectivity index (χ3n) is 4.39. The Morgan fingerprint density at radius 1 is 1.39 bits per heavy atom. The van der Waals surface area contributed by atoms with Crippen molar-refractivity contribution in [3.63, 3.8) is 0 Å². The predicted molar refractivity (Wildman–Crippen MR) is 89.2 cm³/mol. The number of aromatic nitrogens is 3. The molecular formula is C16H22N4O2S. The average Bonchev–Trinajstić information content (AvgIpc) is 3.13. The minimum absolute atomic E-state index is 0.0546. The molecule has 1 saturated carbocycles. The van der Waals surface area contributed by atoms with Crippen molar-refractivity contribution in [3.8, 4) is 10.6 Å². The molecule has 23 heavy (non-hydrogen) atoms. The van der Waals surface area contributed by atoms with Crippen molar-refractivity contribution in [3.05, 3.63) is 23.5 Å². The predicted octanol–water partition coefficient (Wildman–Crippen LogP) is 2.21. The van der Waals surface area contributed by atoms with Crippen LogP contribution in [0.4, 0.5) is 0 Å². The summed E-state index contributed by atoms with van der Waals surface area (Å²) >= 11 is 1.37. The fourth-order valence-corrected chi connectivity index (χ4v) is 3.87. The van der Waals surface area contributed by atoms with Crippen LogP contribution in [-0.2, 0) is 7.05 Å². The molecule has 1 aliphatic rings. The zero-order chi connectivity index (χ0) is 16.2. The second kappa shape index (κ2) is 7.23. The molecule has 1 amide bonds. The molecule has 0 aliphatic heterocycles. The highest BCUT2D eigenvalue weighted by Gasteiger charge is 2.25. The third-order valence-corrected chi connectivity index (χ3v) is 5.44. The van der Waals surface area contributed by atoms with Crippen LogP contribution in [0.3, 0.4) is 0 Å². The van der Waals surface area contributed by atoms with E-state index >= 15 is 0 Å². The minimum Gasteiger partial charge on any atom is -0.396 e. The van der Waals surface area contributed by atoms with Gasteiger partial charge in [0.05, 0.1) is 12.4 Å². The van der Waals surface area contributed by atoms with Crippen molar-refractivity contribution in [2.24, 2.45) is 13.0 Å². The fourth-order valence-electron chi connectivity index (χ4n) is 3.08. The van der Waals surface area contributed by atoms with Crippen LogP contribution in [0.5, 0.6) is 0 Å². The van der Waals surface area contributed by atoms with Gasteiger partial charge >= 0.3 is 0 Å². The van der Waals surface area contributed by atoms with Crippen LogP contribution in [0.15, 0.2) is 18.6 Å². The van der Waals surface area contributed by atoms with E-state index in [4.69, 9.17) is 0 Å². The van der Waals surface area contributed by atoms with Crippen LogP contribution in [0.2, 0.25) is 0 Å². The zero-order valence-electron chi connectivity index (χ0n) is 13.2. The molecule has 3 rings (SSSR count). The van der Waals surface area contributed by atoms with Crippen molar-refractivity contribution < 1.29 is 9.90 Å². The molecule has 2 unspecified atom stereocenters. The average molecular weight is 334 g/mol. The normalized spacial score (nSPS) is 21.8. The smallest absolute Gasteiger partial charge is 0.263 e. The van der Waals surface area contributed by atoms with Crippen LogP contribution in [-0.4, -0.2) is 38.4 Å². The summed E-state index contributed by atoms with van der Waals surface area (Å²) in [6.07, 6.45) is 10.6. The lowest BCUT2D eigenvalue weighted by Crippen LogP contribution is -2.40. The molecule has 2 N–H and O–H groups in total. The van der Waals surface area contributed by atoms with Gasteiger partial charge in [-0.05, 0) is 12.8 Å². The largest absolute Gasteiger partial charge is 0.396 e. The Balaban J connectivity index is 1.69.